The van der Waals surface area contributed by atoms with Gasteiger partial charge in [-0.2, -0.15) is 0 Å². The Morgan fingerprint density at radius 2 is 2.29 bits per heavy atom. The van der Waals surface area contributed by atoms with Gasteiger partial charge < -0.3 is 4.74 Å². The summed E-state index contributed by atoms with van der Waals surface area (Å²) >= 11 is 4.88. The highest BCUT2D eigenvalue weighted by Crippen LogP contribution is 2.31. The van der Waals surface area contributed by atoms with Crippen molar-refractivity contribution in [2.45, 2.75) is 19.3 Å². The van der Waals surface area contributed by atoms with Crippen molar-refractivity contribution >= 4 is 33.2 Å². The maximum atomic E-state index is 11.4. The van der Waals surface area contributed by atoms with Crippen LogP contribution in [0.5, 0.6) is 0 Å². The van der Waals surface area contributed by atoms with E-state index in [0.29, 0.717) is 4.88 Å². The third-order valence-electron chi connectivity index (χ3n) is 2.10. The van der Waals surface area contributed by atoms with E-state index in [4.69, 9.17) is 4.74 Å². The number of hydrogen-bond donors (Lipinski definition) is 0. The summed E-state index contributed by atoms with van der Waals surface area (Å²) in [6.45, 7) is 4.19. The number of thiophene rings is 1. The normalized spacial score (nSPS) is 11.4. The SMILES string of the molecule is COC(=O)c1sccc1C(C)(C)CBr. The smallest absolute Gasteiger partial charge is 0.348 e. The van der Waals surface area contributed by atoms with E-state index in [-0.39, 0.29) is 11.4 Å². The van der Waals surface area contributed by atoms with Gasteiger partial charge in [0.2, 0.25) is 0 Å². The first-order valence-corrected chi connectivity index (χ1v) is 6.25. The van der Waals surface area contributed by atoms with Gasteiger partial charge in [0.25, 0.3) is 0 Å². The van der Waals surface area contributed by atoms with Crippen LogP contribution in [0, 0.1) is 0 Å². The minimum Gasteiger partial charge on any atom is -0.465 e. The Bertz CT molecular complexity index is 331. The van der Waals surface area contributed by atoms with Crippen LogP contribution in [0.3, 0.4) is 0 Å². The Balaban J connectivity index is 3.10. The molecule has 4 heteroatoms. The number of carbonyl (C=O) groups excluding carboxylic acids is 1. The third kappa shape index (κ3) is 2.17. The number of methoxy groups -OCH3 is 1. The monoisotopic (exact) mass is 276 g/mol. The first-order chi connectivity index (χ1) is 6.53. The molecule has 0 radical (unpaired) electrons. The van der Waals surface area contributed by atoms with E-state index in [1.165, 1.54) is 18.4 Å². The molecule has 0 amide bonds. The van der Waals surface area contributed by atoms with E-state index in [2.05, 4.69) is 29.8 Å². The standard InChI is InChI=1S/C10H13BrO2S/c1-10(2,6-11)7-4-5-14-8(7)9(12)13-3/h4-5H,6H2,1-3H3. The molecule has 0 N–H and O–H groups in total. The minimum atomic E-state index is -0.246. The van der Waals surface area contributed by atoms with Crippen LogP contribution in [0.15, 0.2) is 11.4 Å². The number of carbonyl (C=O) groups is 1. The maximum absolute atomic E-state index is 11.4. The van der Waals surface area contributed by atoms with Crippen LogP contribution in [0.4, 0.5) is 0 Å². The first kappa shape index (κ1) is 11.7. The van der Waals surface area contributed by atoms with Gasteiger partial charge >= 0.3 is 5.97 Å². The van der Waals surface area contributed by atoms with Gasteiger partial charge in [0.1, 0.15) is 4.88 Å². The Morgan fingerprint density at radius 1 is 1.64 bits per heavy atom. The summed E-state index contributed by atoms with van der Waals surface area (Å²) in [4.78, 5) is 12.1. The fraction of sp³-hybridized carbons (Fsp3) is 0.500. The van der Waals surface area contributed by atoms with Crippen molar-refractivity contribution in [1.29, 1.82) is 0 Å². The number of alkyl halides is 1. The molecule has 0 spiro atoms. The highest BCUT2D eigenvalue weighted by Gasteiger charge is 2.26. The van der Waals surface area contributed by atoms with Crippen LogP contribution in [-0.2, 0) is 10.2 Å². The van der Waals surface area contributed by atoms with E-state index in [0.717, 1.165) is 10.9 Å². The highest BCUT2D eigenvalue weighted by molar-refractivity contribution is 9.09. The molecule has 0 aromatic carbocycles. The number of halogens is 1. The molecule has 0 aliphatic rings. The van der Waals surface area contributed by atoms with Gasteiger partial charge in [-0.1, -0.05) is 29.8 Å². The van der Waals surface area contributed by atoms with Gasteiger partial charge in [-0.05, 0) is 17.0 Å². The molecule has 1 heterocycles. The average Bonchev–Trinajstić information content (AvgIpc) is 2.65. The maximum Gasteiger partial charge on any atom is 0.348 e. The minimum absolute atomic E-state index is 0.0382. The van der Waals surface area contributed by atoms with E-state index in [9.17, 15) is 4.79 Å². The van der Waals surface area contributed by atoms with Crippen LogP contribution in [0.25, 0.3) is 0 Å². The van der Waals surface area contributed by atoms with E-state index in [1.54, 1.807) is 0 Å². The molecule has 0 fully saturated rings. The topological polar surface area (TPSA) is 26.3 Å². The molecule has 1 rings (SSSR count). The highest BCUT2D eigenvalue weighted by atomic mass is 79.9. The van der Waals surface area contributed by atoms with Crippen molar-refractivity contribution in [1.82, 2.24) is 0 Å². The van der Waals surface area contributed by atoms with E-state index < -0.39 is 0 Å². The lowest BCUT2D eigenvalue weighted by Gasteiger charge is -2.21. The van der Waals surface area contributed by atoms with Crippen molar-refractivity contribution in [2.24, 2.45) is 0 Å². The lowest BCUT2D eigenvalue weighted by molar-refractivity contribution is 0.0604. The third-order valence-corrected chi connectivity index (χ3v) is 4.40. The van der Waals surface area contributed by atoms with Crippen LogP contribution >= 0.6 is 27.3 Å². The fourth-order valence-electron chi connectivity index (χ4n) is 1.16. The van der Waals surface area contributed by atoms with Gasteiger partial charge in [-0.25, -0.2) is 4.79 Å². The van der Waals surface area contributed by atoms with E-state index in [1.807, 2.05) is 11.4 Å². The molecule has 1 aromatic heterocycles. The van der Waals surface area contributed by atoms with Gasteiger partial charge in [0.15, 0.2) is 0 Å². The molecule has 78 valence electrons. The molecule has 1 aromatic rings. The summed E-state index contributed by atoms with van der Waals surface area (Å²) in [6, 6.07) is 1.98. The molecular weight excluding hydrogens is 264 g/mol. The Labute approximate surface area is 96.4 Å². The molecule has 0 aliphatic carbocycles. The van der Waals surface area contributed by atoms with Gasteiger partial charge in [0, 0.05) is 10.7 Å². The summed E-state index contributed by atoms with van der Waals surface area (Å²) < 4.78 is 4.73. The van der Waals surface area contributed by atoms with Crippen molar-refractivity contribution in [3.8, 4) is 0 Å². The lowest BCUT2D eigenvalue weighted by atomic mass is 9.87. The van der Waals surface area contributed by atoms with Crippen LogP contribution in [0.2, 0.25) is 0 Å². The summed E-state index contributed by atoms with van der Waals surface area (Å²) in [5.41, 5.74) is 1.01. The van der Waals surface area contributed by atoms with E-state index >= 15 is 0 Å². The second-order valence-electron chi connectivity index (χ2n) is 3.67. The van der Waals surface area contributed by atoms with Crippen molar-refractivity contribution in [3.05, 3.63) is 21.9 Å². The number of ether oxygens (including phenoxy) is 1. The predicted molar refractivity (Wildman–Crippen MR) is 62.5 cm³/mol. The van der Waals surface area contributed by atoms with Gasteiger partial charge in [-0.15, -0.1) is 11.3 Å². The van der Waals surface area contributed by atoms with Gasteiger partial charge in [0.05, 0.1) is 7.11 Å². The first-order valence-electron chi connectivity index (χ1n) is 4.25. The van der Waals surface area contributed by atoms with Crippen LogP contribution < -0.4 is 0 Å². The molecule has 2 nitrogen and oxygen atoms in total. The zero-order valence-corrected chi connectivity index (χ0v) is 10.9. The van der Waals surface area contributed by atoms with Crippen LogP contribution in [-0.4, -0.2) is 18.4 Å². The lowest BCUT2D eigenvalue weighted by Crippen LogP contribution is -2.21. The fourth-order valence-corrected chi connectivity index (χ4v) is 2.46. The number of rotatable bonds is 3. The van der Waals surface area contributed by atoms with Gasteiger partial charge in [-0.3, -0.25) is 0 Å². The quantitative estimate of drug-likeness (QED) is 0.626. The zero-order valence-electron chi connectivity index (χ0n) is 8.46. The molecule has 0 saturated carbocycles. The Hall–Kier alpha value is -0.350. The van der Waals surface area contributed by atoms with Crippen molar-refractivity contribution in [3.63, 3.8) is 0 Å². The summed E-state index contributed by atoms with van der Waals surface area (Å²) in [7, 11) is 1.41. The second-order valence-corrected chi connectivity index (χ2v) is 5.15. The molecule has 0 aliphatic heterocycles. The molecule has 0 unspecified atom stereocenters. The Morgan fingerprint density at radius 3 is 2.79 bits per heavy atom. The average molecular weight is 277 g/mol. The van der Waals surface area contributed by atoms with Crippen molar-refractivity contribution < 1.29 is 9.53 Å². The molecule has 0 saturated heterocycles. The Kier molecular flexibility index (Phi) is 3.72. The van der Waals surface area contributed by atoms with Crippen LogP contribution in [0.1, 0.15) is 29.1 Å². The molecule has 0 bridgehead atoms. The number of esters is 1. The largest absolute Gasteiger partial charge is 0.465 e. The molecular formula is C10H13BrO2S. The summed E-state index contributed by atoms with van der Waals surface area (Å²) in [5, 5.41) is 2.74. The summed E-state index contributed by atoms with van der Waals surface area (Å²) in [5.74, 6) is -0.246. The molecule has 0 atom stereocenters. The second kappa shape index (κ2) is 4.45. The molecule has 14 heavy (non-hydrogen) atoms. The summed E-state index contributed by atoms with van der Waals surface area (Å²) in [6.07, 6.45) is 0. The number of hydrogen-bond acceptors (Lipinski definition) is 3. The predicted octanol–water partition coefficient (Wildman–Crippen LogP) is 3.21. The van der Waals surface area contributed by atoms with Crippen molar-refractivity contribution in [2.75, 3.05) is 12.4 Å². The zero-order chi connectivity index (χ0) is 10.8.